The Bertz CT molecular complexity index is 2230. The molecule has 16 nitrogen and oxygen atoms in total. The van der Waals surface area contributed by atoms with E-state index in [-0.39, 0.29) is 67.1 Å². The van der Waals surface area contributed by atoms with Gasteiger partial charge in [0.15, 0.2) is 11.2 Å². The molecule has 2 heterocycles. The highest BCUT2D eigenvalue weighted by molar-refractivity contribution is 7.54. The molecule has 17 heteroatoms. The van der Waals surface area contributed by atoms with Gasteiger partial charge in [-0.15, -0.1) is 0 Å². The lowest BCUT2D eigenvalue weighted by Crippen LogP contribution is -2.47. The van der Waals surface area contributed by atoms with Crippen molar-refractivity contribution >= 4 is 48.9 Å². The number of H-pyrrole nitrogens is 1. The first kappa shape index (κ1) is 45.6. The summed E-state index contributed by atoms with van der Waals surface area (Å²) in [5.41, 5.74) is 5.23. The van der Waals surface area contributed by atoms with Crippen molar-refractivity contribution in [3.05, 3.63) is 88.5 Å². The second-order valence-corrected chi connectivity index (χ2v) is 18.6. The molecule has 1 amide bonds. The number of carbonyl (C=O) groups is 3. The molecule has 60 heavy (non-hydrogen) atoms. The van der Waals surface area contributed by atoms with Crippen molar-refractivity contribution in [1.29, 1.82) is 0 Å². The third-order valence-electron chi connectivity index (χ3n) is 10.2. The third kappa shape index (κ3) is 12.5. The molecule has 2 aromatic carbocycles. The molecule has 324 valence electrons. The Morgan fingerprint density at radius 2 is 1.67 bits per heavy atom. The molecule has 0 radical (unpaired) electrons. The maximum atomic E-state index is 15.1. The predicted octanol–water partition coefficient (Wildman–Crippen LogP) is 7.15. The number of alkyl carbamates (subject to hydrolysis) is 1. The van der Waals surface area contributed by atoms with Gasteiger partial charge in [0.2, 0.25) is 5.95 Å². The van der Waals surface area contributed by atoms with Gasteiger partial charge >= 0.3 is 25.6 Å². The maximum absolute atomic E-state index is 15.1. The van der Waals surface area contributed by atoms with Crippen LogP contribution in [0, 0.1) is 23.2 Å². The summed E-state index contributed by atoms with van der Waals surface area (Å²) in [7, 11) is -4.21. The predicted molar refractivity (Wildman–Crippen MR) is 227 cm³/mol. The molecule has 0 bridgehead atoms. The number of benzene rings is 2. The molecular weight excluding hydrogens is 791 g/mol. The number of amides is 1. The lowest BCUT2D eigenvalue weighted by molar-refractivity contribution is -0.150. The molecule has 0 spiro atoms. The Balaban J connectivity index is 1.47. The molecule has 0 saturated heterocycles. The molecule has 4 atom stereocenters. The molecule has 4 aromatic rings. The number of aromatic nitrogens is 4. The second-order valence-electron chi connectivity index (χ2n) is 16.5. The number of carbonyl (C=O) groups excluding carboxylic acids is 3. The zero-order valence-electron chi connectivity index (χ0n) is 35.3. The number of nitrogens with zero attached hydrogens (tertiary/aromatic N) is 3. The number of anilines is 1. The number of ether oxygens (including phenoxy) is 3. The van der Waals surface area contributed by atoms with E-state index in [0.29, 0.717) is 12.0 Å². The Labute approximate surface area is 350 Å². The van der Waals surface area contributed by atoms with Gasteiger partial charge in [0.05, 0.1) is 30.7 Å². The van der Waals surface area contributed by atoms with Gasteiger partial charge in [0.25, 0.3) is 5.56 Å². The summed E-state index contributed by atoms with van der Waals surface area (Å²) in [6, 6.07) is 16.8. The Hall–Kier alpha value is -5.47. The summed E-state index contributed by atoms with van der Waals surface area (Å²) in [5.74, 6) is -2.18. The summed E-state index contributed by atoms with van der Waals surface area (Å²) < 4.78 is 46.3. The fourth-order valence-electron chi connectivity index (χ4n) is 6.48. The lowest BCUT2D eigenvalue weighted by Gasteiger charge is -2.27. The highest BCUT2D eigenvalue weighted by Gasteiger charge is 2.53. The summed E-state index contributed by atoms with van der Waals surface area (Å²) in [6.07, 6.45) is 4.15. The quantitative estimate of drug-likeness (QED) is 0.0458. The average molecular weight is 849 g/mol. The summed E-state index contributed by atoms with van der Waals surface area (Å²) >= 11 is 0. The van der Waals surface area contributed by atoms with E-state index in [1.54, 1.807) is 71.2 Å². The summed E-state index contributed by atoms with van der Waals surface area (Å²) in [4.78, 5) is 63.6. The number of nitrogen functional groups attached to an aromatic ring is 1. The van der Waals surface area contributed by atoms with E-state index in [4.69, 9.17) is 29.0 Å². The fraction of sp³-hybridized carbons (Fsp3) is 0.488. The van der Waals surface area contributed by atoms with Crippen molar-refractivity contribution in [2.24, 2.45) is 23.2 Å². The van der Waals surface area contributed by atoms with Gasteiger partial charge in [0, 0.05) is 6.20 Å². The minimum atomic E-state index is -4.21. The number of fused-ring (bicyclic) bond motifs is 1. The van der Waals surface area contributed by atoms with Crippen molar-refractivity contribution in [1.82, 2.24) is 24.8 Å². The lowest BCUT2D eigenvalue weighted by atomic mass is 10.0. The molecule has 0 aliphatic heterocycles. The van der Waals surface area contributed by atoms with E-state index in [9.17, 15) is 19.2 Å². The standard InChI is InChI=1S/C43H57N6O10P/c1-8-29(9-2)23-55-38(51)31(20-30-16-12-10-13-17-30)24-60(54,59-33-18-14-11-15-19-33)57-26-43(25-56-39(52)34(28(3)4)46-41(53)58-42(5,6)7)21-32(43)22-49-27-45-35-36(49)47-40(44)48-37(35)50/h10-19,22,27-29,31,34H,8-9,20-21,23-26H2,1-7H3,(H,46,53)(H3,44,47,48,50)/b32-22-/t31-,34+,43?,60+/m1/s1. The zero-order chi connectivity index (χ0) is 43.7. The van der Waals surface area contributed by atoms with Crippen molar-refractivity contribution in [3.8, 4) is 5.75 Å². The number of hydrogen-bond donors (Lipinski definition) is 3. The van der Waals surface area contributed by atoms with Crippen molar-refractivity contribution < 1.29 is 42.2 Å². The second kappa shape index (κ2) is 19.7. The smallest absolute Gasteiger partial charge is 0.408 e. The SMILES string of the molecule is CCC(CC)COC(=O)[C@H](Cc1ccccc1)C[P@](=O)(OCC1(COC(=O)[C@@H](NC(=O)OC(C)(C)C)C(C)C)C/C1=C/n1cnc2c(=O)[nH]c(N)nc21)Oc1ccccc1. The van der Waals surface area contributed by atoms with Crippen LogP contribution in [0.15, 0.2) is 77.4 Å². The topological polar surface area (TPSA) is 216 Å². The van der Waals surface area contributed by atoms with E-state index < -0.39 is 54.2 Å². The number of para-hydroxylation sites is 1. The van der Waals surface area contributed by atoms with E-state index in [1.807, 2.05) is 44.2 Å². The number of nitrogens with one attached hydrogen (secondary N) is 2. The fourth-order valence-corrected chi connectivity index (χ4v) is 8.42. The third-order valence-corrected chi connectivity index (χ3v) is 12.1. The van der Waals surface area contributed by atoms with Gasteiger partial charge in [-0.1, -0.05) is 89.1 Å². The van der Waals surface area contributed by atoms with Crippen molar-refractivity contribution in [2.45, 2.75) is 85.8 Å². The Morgan fingerprint density at radius 3 is 2.30 bits per heavy atom. The van der Waals surface area contributed by atoms with Crippen molar-refractivity contribution in [3.63, 3.8) is 0 Å². The molecule has 4 N–H and O–H groups in total. The normalized spacial score (nSPS) is 17.9. The number of imidazole rings is 1. The molecule has 1 aliphatic rings. The highest BCUT2D eigenvalue weighted by atomic mass is 31.2. The van der Waals surface area contributed by atoms with Crippen LogP contribution in [-0.4, -0.2) is 75.2 Å². The van der Waals surface area contributed by atoms with Crippen LogP contribution < -0.4 is 21.1 Å². The first-order chi connectivity index (χ1) is 28.4. The van der Waals surface area contributed by atoms with Gasteiger partial charge < -0.3 is 29.8 Å². The van der Waals surface area contributed by atoms with E-state index in [1.165, 1.54) is 10.9 Å². The monoisotopic (exact) mass is 848 g/mol. The zero-order valence-corrected chi connectivity index (χ0v) is 36.2. The van der Waals surface area contributed by atoms with Crippen LogP contribution >= 0.6 is 7.60 Å². The van der Waals surface area contributed by atoms with Crippen LogP contribution in [0.5, 0.6) is 5.75 Å². The van der Waals surface area contributed by atoms with Gasteiger partial charge in [-0.2, -0.15) is 4.98 Å². The van der Waals surface area contributed by atoms with Gasteiger partial charge in [0.1, 0.15) is 30.3 Å². The van der Waals surface area contributed by atoms with Gasteiger partial charge in [-0.05, 0) is 68.7 Å². The first-order valence-corrected chi connectivity index (χ1v) is 21.9. The average Bonchev–Trinajstić information content (AvgIpc) is 3.73. The van der Waals surface area contributed by atoms with Crippen LogP contribution in [0.25, 0.3) is 17.4 Å². The highest BCUT2D eigenvalue weighted by Crippen LogP contribution is 2.58. The molecule has 1 aliphatic carbocycles. The first-order valence-electron chi connectivity index (χ1n) is 20.2. The van der Waals surface area contributed by atoms with Crippen LogP contribution in [0.1, 0.15) is 73.3 Å². The van der Waals surface area contributed by atoms with E-state index in [2.05, 4.69) is 20.3 Å². The Kier molecular flexibility index (Phi) is 15.0. The number of nitrogens with two attached hydrogens (primary N) is 1. The minimum Gasteiger partial charge on any atom is -0.465 e. The number of rotatable bonds is 20. The minimum absolute atomic E-state index is 0.0595. The number of hydrogen-bond acceptors (Lipinski definition) is 13. The summed E-state index contributed by atoms with van der Waals surface area (Å²) in [5, 5.41) is 2.61. The summed E-state index contributed by atoms with van der Waals surface area (Å²) in [6.45, 7) is 12.4. The largest absolute Gasteiger partial charge is 0.465 e. The number of aromatic amines is 1. The van der Waals surface area contributed by atoms with E-state index >= 15 is 4.57 Å². The van der Waals surface area contributed by atoms with Crippen LogP contribution in [0.2, 0.25) is 0 Å². The molecule has 1 saturated carbocycles. The van der Waals surface area contributed by atoms with Gasteiger partial charge in [-0.3, -0.25) is 23.7 Å². The number of esters is 2. The molecule has 1 fully saturated rings. The Morgan fingerprint density at radius 1 is 1.00 bits per heavy atom. The molecular formula is C43H57N6O10P. The molecule has 5 rings (SSSR count). The molecule has 2 aromatic heterocycles. The van der Waals surface area contributed by atoms with Crippen LogP contribution in [0.4, 0.5) is 10.7 Å². The van der Waals surface area contributed by atoms with Crippen LogP contribution in [0.3, 0.4) is 0 Å². The molecule has 1 unspecified atom stereocenters. The van der Waals surface area contributed by atoms with Crippen LogP contribution in [-0.2, 0) is 39.3 Å². The van der Waals surface area contributed by atoms with Gasteiger partial charge in [-0.25, -0.2) is 19.1 Å². The van der Waals surface area contributed by atoms with Crippen molar-refractivity contribution in [2.75, 3.05) is 31.7 Å². The maximum Gasteiger partial charge on any atom is 0.408 e. The van der Waals surface area contributed by atoms with E-state index in [0.717, 1.165) is 18.4 Å².